The van der Waals surface area contributed by atoms with Crippen molar-refractivity contribution in [2.75, 3.05) is 47.9 Å². The number of nitrogens with one attached hydrogen (secondary N) is 2. The van der Waals surface area contributed by atoms with E-state index in [4.69, 9.17) is 4.74 Å². The smallest absolute Gasteiger partial charge is 0.262 e. The first kappa shape index (κ1) is 24.0. The van der Waals surface area contributed by atoms with E-state index in [9.17, 15) is 17.6 Å². The molecule has 1 heterocycles. The van der Waals surface area contributed by atoms with Crippen molar-refractivity contribution in [1.29, 1.82) is 0 Å². The Morgan fingerprint density at radius 3 is 2.26 bits per heavy atom. The fraction of sp³-hybridized carbons (Fsp3) is 0.320. The van der Waals surface area contributed by atoms with Gasteiger partial charge in [0.25, 0.3) is 10.0 Å². The van der Waals surface area contributed by atoms with Gasteiger partial charge in [-0.2, -0.15) is 0 Å². The summed E-state index contributed by atoms with van der Waals surface area (Å²) >= 11 is 0. The summed E-state index contributed by atoms with van der Waals surface area (Å²) in [6, 6.07) is 17.2. The molecule has 0 unspecified atom stereocenters. The Balaban J connectivity index is 1.58. The molecule has 0 saturated carbocycles. The number of benzene rings is 3. The molecule has 0 aliphatic carbocycles. The van der Waals surface area contributed by atoms with Gasteiger partial charge in [0, 0.05) is 40.9 Å². The number of amides is 1. The van der Waals surface area contributed by atoms with Crippen molar-refractivity contribution >= 4 is 43.8 Å². The third-order valence-electron chi connectivity index (χ3n) is 5.84. The van der Waals surface area contributed by atoms with Crippen molar-refractivity contribution in [3.63, 3.8) is 0 Å². The maximum Gasteiger partial charge on any atom is 0.262 e. The van der Waals surface area contributed by atoms with Gasteiger partial charge in [-0.1, -0.05) is 24.3 Å². The highest BCUT2D eigenvalue weighted by molar-refractivity contribution is 7.93. The summed E-state index contributed by atoms with van der Waals surface area (Å²) in [4.78, 5) is 14.5. The molecule has 1 amide bonds. The fourth-order valence-electron chi connectivity index (χ4n) is 3.77. The van der Waals surface area contributed by atoms with Crippen molar-refractivity contribution in [1.82, 2.24) is 0 Å². The molecule has 34 heavy (non-hydrogen) atoms. The molecule has 1 aliphatic heterocycles. The first-order valence-corrected chi connectivity index (χ1v) is 12.5. The second kappa shape index (κ2) is 9.60. The van der Waals surface area contributed by atoms with E-state index in [-0.39, 0.29) is 4.90 Å². The van der Waals surface area contributed by atoms with Crippen molar-refractivity contribution in [3.8, 4) is 0 Å². The van der Waals surface area contributed by atoms with Crippen LogP contribution >= 0.6 is 0 Å². The van der Waals surface area contributed by atoms with E-state index in [1.807, 2.05) is 18.2 Å². The van der Waals surface area contributed by atoms with Crippen molar-refractivity contribution in [3.05, 3.63) is 60.7 Å². The van der Waals surface area contributed by atoms with Crippen LogP contribution in [-0.4, -0.2) is 47.3 Å². The van der Waals surface area contributed by atoms with E-state index < -0.39 is 28.0 Å². The van der Waals surface area contributed by atoms with E-state index in [0.29, 0.717) is 30.0 Å². The number of hydrogen-bond donors (Lipinski definition) is 2. The molecule has 0 spiro atoms. The van der Waals surface area contributed by atoms with Crippen LogP contribution in [0.15, 0.2) is 65.6 Å². The van der Waals surface area contributed by atoms with E-state index in [1.165, 1.54) is 13.8 Å². The molecule has 9 heteroatoms. The molecule has 3 aromatic carbocycles. The molecule has 2 N–H and O–H groups in total. The van der Waals surface area contributed by atoms with E-state index in [1.54, 1.807) is 42.5 Å². The number of sulfonamides is 1. The molecule has 3 aromatic rings. The van der Waals surface area contributed by atoms with Gasteiger partial charge >= 0.3 is 0 Å². The standard InChI is InChI=1S/C25H28FN3O4S/c1-25(2,17-26)24(30)27-18-9-11-19(12-10-18)28-34(31,32)23-8-4-5-20-21(23)6-3-7-22(20)29-13-15-33-16-14-29/h3-12,28H,13-17H2,1-2H3,(H,27,30). The summed E-state index contributed by atoms with van der Waals surface area (Å²) < 4.78 is 47.6. The van der Waals surface area contributed by atoms with Crippen LogP contribution in [0.4, 0.5) is 21.5 Å². The molecular formula is C25H28FN3O4S. The number of alkyl halides is 1. The van der Waals surface area contributed by atoms with Crippen molar-refractivity contribution in [2.45, 2.75) is 18.7 Å². The second-order valence-electron chi connectivity index (χ2n) is 8.88. The number of fused-ring (bicyclic) bond motifs is 1. The lowest BCUT2D eigenvalue weighted by Gasteiger charge is -2.30. The largest absolute Gasteiger partial charge is 0.378 e. The number of ether oxygens (including phenoxy) is 1. The third kappa shape index (κ3) is 5.00. The van der Waals surface area contributed by atoms with Crippen LogP contribution in [0.5, 0.6) is 0 Å². The zero-order chi connectivity index (χ0) is 24.3. The van der Waals surface area contributed by atoms with Crippen molar-refractivity contribution < 1.29 is 22.3 Å². The second-order valence-corrected chi connectivity index (χ2v) is 10.5. The van der Waals surface area contributed by atoms with Crippen LogP contribution in [0.1, 0.15) is 13.8 Å². The van der Waals surface area contributed by atoms with Crippen LogP contribution < -0.4 is 14.9 Å². The number of hydrogen-bond acceptors (Lipinski definition) is 5. The molecule has 4 rings (SSSR count). The zero-order valence-electron chi connectivity index (χ0n) is 19.2. The highest BCUT2D eigenvalue weighted by Gasteiger charge is 2.27. The average Bonchev–Trinajstić information content (AvgIpc) is 2.84. The Bertz CT molecular complexity index is 1290. The molecule has 0 aromatic heterocycles. The normalized spacial score (nSPS) is 14.7. The van der Waals surface area contributed by atoms with Gasteiger partial charge < -0.3 is 15.0 Å². The SMILES string of the molecule is CC(C)(CF)C(=O)Nc1ccc(NS(=O)(=O)c2cccc3c(N4CCOCC4)cccc23)cc1. The lowest BCUT2D eigenvalue weighted by atomic mass is 9.94. The van der Waals surface area contributed by atoms with Crippen LogP contribution in [0.3, 0.4) is 0 Å². The number of halogens is 1. The molecule has 0 atom stereocenters. The topological polar surface area (TPSA) is 87.7 Å². The molecule has 180 valence electrons. The quantitative estimate of drug-likeness (QED) is 0.518. The minimum absolute atomic E-state index is 0.183. The molecule has 1 fully saturated rings. The summed E-state index contributed by atoms with van der Waals surface area (Å²) in [6.07, 6.45) is 0. The Morgan fingerprint density at radius 2 is 1.59 bits per heavy atom. The zero-order valence-corrected chi connectivity index (χ0v) is 20.0. The average molecular weight is 486 g/mol. The summed E-state index contributed by atoms with van der Waals surface area (Å²) in [7, 11) is -3.88. The monoisotopic (exact) mass is 485 g/mol. The molecular weight excluding hydrogens is 457 g/mol. The summed E-state index contributed by atoms with van der Waals surface area (Å²) in [5.74, 6) is -0.449. The Morgan fingerprint density at radius 1 is 0.971 bits per heavy atom. The van der Waals surface area contributed by atoms with E-state index >= 15 is 0 Å². The minimum Gasteiger partial charge on any atom is -0.378 e. The Labute approximate surface area is 199 Å². The summed E-state index contributed by atoms with van der Waals surface area (Å²) in [5, 5.41) is 4.14. The summed E-state index contributed by atoms with van der Waals surface area (Å²) in [6.45, 7) is 5.02. The number of anilines is 3. The Hall–Kier alpha value is -3.17. The van der Waals surface area contributed by atoms with E-state index in [0.717, 1.165) is 24.2 Å². The fourth-order valence-corrected chi connectivity index (χ4v) is 5.05. The predicted molar refractivity (Wildman–Crippen MR) is 133 cm³/mol. The van der Waals surface area contributed by atoms with Gasteiger partial charge in [-0.15, -0.1) is 0 Å². The van der Waals surface area contributed by atoms with Gasteiger partial charge in [0.2, 0.25) is 5.91 Å². The van der Waals surface area contributed by atoms with Gasteiger partial charge in [0.15, 0.2) is 0 Å². The lowest BCUT2D eigenvalue weighted by Crippen LogP contribution is -2.36. The number of carbonyl (C=O) groups is 1. The van der Waals surface area contributed by atoms with Crippen molar-refractivity contribution in [2.24, 2.45) is 5.41 Å². The van der Waals surface area contributed by atoms with Gasteiger partial charge in [0.1, 0.15) is 6.67 Å². The molecule has 0 bridgehead atoms. The first-order valence-electron chi connectivity index (χ1n) is 11.1. The number of carbonyl (C=O) groups excluding carboxylic acids is 1. The van der Waals surface area contributed by atoms with Gasteiger partial charge in [-0.25, -0.2) is 12.8 Å². The van der Waals surface area contributed by atoms with Gasteiger partial charge in [0.05, 0.1) is 23.5 Å². The minimum atomic E-state index is -3.88. The van der Waals surface area contributed by atoms with Gasteiger partial charge in [-0.3, -0.25) is 9.52 Å². The molecule has 1 aliphatic rings. The predicted octanol–water partition coefficient (Wildman–Crippen LogP) is 4.41. The van der Waals surface area contributed by atoms with Crippen LogP contribution in [0, 0.1) is 5.41 Å². The van der Waals surface area contributed by atoms with Crippen LogP contribution in [0.25, 0.3) is 10.8 Å². The number of morpholine rings is 1. The van der Waals surface area contributed by atoms with Gasteiger partial charge in [-0.05, 0) is 50.2 Å². The third-order valence-corrected chi connectivity index (χ3v) is 7.28. The van der Waals surface area contributed by atoms with Crippen LogP contribution in [-0.2, 0) is 19.6 Å². The highest BCUT2D eigenvalue weighted by atomic mass is 32.2. The number of rotatable bonds is 7. The lowest BCUT2D eigenvalue weighted by molar-refractivity contribution is -0.124. The van der Waals surface area contributed by atoms with Crippen LogP contribution in [0.2, 0.25) is 0 Å². The number of nitrogens with zero attached hydrogens (tertiary/aromatic N) is 1. The summed E-state index contributed by atoms with van der Waals surface area (Å²) in [5.41, 5.74) is 0.641. The Kier molecular flexibility index (Phi) is 6.77. The van der Waals surface area contributed by atoms with E-state index in [2.05, 4.69) is 14.9 Å². The maximum absolute atomic E-state index is 13.3. The highest BCUT2D eigenvalue weighted by Crippen LogP contribution is 2.32. The maximum atomic E-state index is 13.3. The molecule has 1 saturated heterocycles. The molecule has 7 nitrogen and oxygen atoms in total. The molecule has 0 radical (unpaired) electrons. The first-order chi connectivity index (χ1) is 16.2.